The second kappa shape index (κ2) is 6.70. The Bertz CT molecular complexity index is 395. The van der Waals surface area contributed by atoms with Crippen LogP contribution >= 0.6 is 0 Å². The van der Waals surface area contributed by atoms with E-state index in [4.69, 9.17) is 5.84 Å². The van der Waals surface area contributed by atoms with Crippen molar-refractivity contribution < 1.29 is 0 Å². The summed E-state index contributed by atoms with van der Waals surface area (Å²) >= 11 is 0. The number of hydrogen-bond donors (Lipinski definition) is 3. The predicted octanol–water partition coefficient (Wildman–Crippen LogP) is 2.91. The molecule has 0 fully saturated rings. The summed E-state index contributed by atoms with van der Waals surface area (Å²) in [5.41, 5.74) is 2.50. The van der Waals surface area contributed by atoms with E-state index in [1.165, 1.54) is 6.42 Å². The molecule has 4 N–H and O–H groups in total. The van der Waals surface area contributed by atoms with Gasteiger partial charge in [0.2, 0.25) is 0 Å². The first-order valence-corrected chi connectivity index (χ1v) is 6.93. The topological polar surface area (TPSA) is 75.9 Å². The first-order chi connectivity index (χ1) is 8.82. The van der Waals surface area contributed by atoms with Crippen molar-refractivity contribution in [2.24, 2.45) is 11.8 Å². The fraction of sp³-hybridized carbons (Fsp3) is 0.714. The Morgan fingerprint density at radius 3 is 2.37 bits per heavy atom. The summed E-state index contributed by atoms with van der Waals surface area (Å²) in [6, 6.07) is 1.84. The van der Waals surface area contributed by atoms with Crippen molar-refractivity contribution in [1.29, 1.82) is 0 Å². The molecule has 1 heterocycles. The van der Waals surface area contributed by atoms with Gasteiger partial charge in [-0.2, -0.15) is 0 Å². The normalized spacial score (nSPS) is 11.7. The number of aromatic nitrogens is 2. The highest BCUT2D eigenvalue weighted by molar-refractivity contribution is 5.47. The molecule has 0 aliphatic rings. The van der Waals surface area contributed by atoms with E-state index in [9.17, 15) is 0 Å². The molecule has 0 aliphatic heterocycles. The highest BCUT2D eigenvalue weighted by atomic mass is 15.3. The molecule has 0 atom stereocenters. The fourth-order valence-electron chi connectivity index (χ4n) is 1.67. The lowest BCUT2D eigenvalue weighted by molar-refractivity contribution is 0.545. The highest BCUT2D eigenvalue weighted by Crippen LogP contribution is 2.22. The summed E-state index contributed by atoms with van der Waals surface area (Å²) in [6.45, 7) is 11.7. The number of nitrogens with two attached hydrogens (primary N) is 1. The third-order valence-corrected chi connectivity index (χ3v) is 2.81. The number of hydrogen-bond acceptors (Lipinski definition) is 5. The van der Waals surface area contributed by atoms with Gasteiger partial charge in [-0.05, 0) is 18.8 Å². The summed E-state index contributed by atoms with van der Waals surface area (Å²) in [7, 11) is 0. The van der Waals surface area contributed by atoms with E-state index >= 15 is 0 Å². The van der Waals surface area contributed by atoms with Crippen molar-refractivity contribution in [3.05, 3.63) is 11.9 Å². The second-order valence-electron chi connectivity index (χ2n) is 6.32. The first kappa shape index (κ1) is 15.7. The highest BCUT2D eigenvalue weighted by Gasteiger charge is 2.18. The molecule has 1 rings (SSSR count). The molecule has 108 valence electrons. The van der Waals surface area contributed by atoms with E-state index in [1.54, 1.807) is 0 Å². The average Bonchev–Trinajstić information content (AvgIpc) is 2.33. The number of nitrogens with zero attached hydrogens (tertiary/aromatic N) is 2. The summed E-state index contributed by atoms with van der Waals surface area (Å²) < 4.78 is 0. The Kier molecular flexibility index (Phi) is 5.54. The van der Waals surface area contributed by atoms with Gasteiger partial charge in [0, 0.05) is 18.0 Å². The molecule has 0 saturated heterocycles. The zero-order valence-electron chi connectivity index (χ0n) is 12.7. The predicted molar refractivity (Wildman–Crippen MR) is 81.1 cm³/mol. The lowest BCUT2D eigenvalue weighted by Crippen LogP contribution is -2.20. The number of rotatable bonds is 6. The minimum absolute atomic E-state index is 0.0960. The Morgan fingerprint density at radius 1 is 1.21 bits per heavy atom. The molecule has 0 radical (unpaired) electrons. The van der Waals surface area contributed by atoms with Crippen LogP contribution in [0.4, 0.5) is 11.6 Å². The van der Waals surface area contributed by atoms with E-state index in [0.29, 0.717) is 5.82 Å². The van der Waals surface area contributed by atoms with Gasteiger partial charge in [0.05, 0.1) is 0 Å². The largest absolute Gasteiger partial charge is 0.370 e. The molecule has 0 amide bonds. The maximum absolute atomic E-state index is 5.46. The van der Waals surface area contributed by atoms with Crippen LogP contribution in [-0.2, 0) is 5.41 Å². The number of nitrogen functional groups attached to an aromatic ring is 1. The van der Waals surface area contributed by atoms with E-state index in [0.717, 1.165) is 30.5 Å². The van der Waals surface area contributed by atoms with Crippen LogP contribution in [0.25, 0.3) is 0 Å². The number of anilines is 2. The molecule has 0 bridgehead atoms. The standard InChI is InChI=1S/C14H27N5/c1-10(2)7-6-8-16-11-9-12(19-15)18-13(17-11)14(3,4)5/h9-10H,6-8,15H2,1-5H3,(H2,16,17,18,19). The molecule has 0 aromatic carbocycles. The van der Waals surface area contributed by atoms with E-state index < -0.39 is 0 Å². The SMILES string of the molecule is CC(C)CCCNc1cc(NN)nc(C(C)(C)C)n1. The van der Waals surface area contributed by atoms with Crippen molar-refractivity contribution in [3.63, 3.8) is 0 Å². The van der Waals surface area contributed by atoms with Crippen LogP contribution in [0.1, 0.15) is 53.3 Å². The van der Waals surface area contributed by atoms with Gasteiger partial charge in [-0.3, -0.25) is 0 Å². The molecule has 19 heavy (non-hydrogen) atoms. The minimum Gasteiger partial charge on any atom is -0.370 e. The van der Waals surface area contributed by atoms with Crippen LogP contribution in [-0.4, -0.2) is 16.5 Å². The van der Waals surface area contributed by atoms with E-state index in [1.807, 2.05) is 6.07 Å². The minimum atomic E-state index is -0.0960. The van der Waals surface area contributed by atoms with Gasteiger partial charge >= 0.3 is 0 Å². The van der Waals surface area contributed by atoms with E-state index in [-0.39, 0.29) is 5.41 Å². The summed E-state index contributed by atoms with van der Waals surface area (Å²) in [5, 5.41) is 3.34. The van der Waals surface area contributed by atoms with Crippen LogP contribution in [0, 0.1) is 5.92 Å². The number of hydrazine groups is 1. The molecule has 5 heteroatoms. The smallest absolute Gasteiger partial charge is 0.145 e. The van der Waals surface area contributed by atoms with Gasteiger partial charge in [0.1, 0.15) is 17.5 Å². The summed E-state index contributed by atoms with van der Waals surface area (Å²) in [5.74, 6) is 8.45. The molecule has 0 saturated carbocycles. The third-order valence-electron chi connectivity index (χ3n) is 2.81. The van der Waals surface area contributed by atoms with Crippen molar-refractivity contribution in [2.45, 2.75) is 52.9 Å². The number of nitrogens with one attached hydrogen (secondary N) is 2. The van der Waals surface area contributed by atoms with Gasteiger partial charge in [-0.25, -0.2) is 15.8 Å². The van der Waals surface area contributed by atoms with Crippen molar-refractivity contribution >= 4 is 11.6 Å². The van der Waals surface area contributed by atoms with Crippen LogP contribution in [0.3, 0.4) is 0 Å². The van der Waals surface area contributed by atoms with Crippen LogP contribution < -0.4 is 16.6 Å². The van der Waals surface area contributed by atoms with Gasteiger partial charge in [-0.15, -0.1) is 0 Å². The molecule has 0 unspecified atom stereocenters. The quantitative estimate of drug-likeness (QED) is 0.419. The van der Waals surface area contributed by atoms with Crippen molar-refractivity contribution in [3.8, 4) is 0 Å². The Morgan fingerprint density at radius 2 is 1.84 bits per heavy atom. The van der Waals surface area contributed by atoms with Crippen molar-refractivity contribution in [1.82, 2.24) is 9.97 Å². The fourth-order valence-corrected chi connectivity index (χ4v) is 1.67. The third kappa shape index (κ3) is 5.42. The van der Waals surface area contributed by atoms with E-state index in [2.05, 4.69) is 55.3 Å². The molecule has 0 spiro atoms. The molecular formula is C14H27N5. The van der Waals surface area contributed by atoms with Crippen molar-refractivity contribution in [2.75, 3.05) is 17.3 Å². The molecule has 0 aliphatic carbocycles. The molecule has 5 nitrogen and oxygen atoms in total. The zero-order valence-corrected chi connectivity index (χ0v) is 12.7. The Hall–Kier alpha value is -1.36. The monoisotopic (exact) mass is 265 g/mol. The Labute approximate surface area is 116 Å². The maximum Gasteiger partial charge on any atom is 0.145 e. The Balaban J connectivity index is 2.72. The average molecular weight is 265 g/mol. The maximum atomic E-state index is 5.46. The van der Waals surface area contributed by atoms with Crippen LogP contribution in [0.5, 0.6) is 0 Å². The lowest BCUT2D eigenvalue weighted by atomic mass is 9.96. The molecule has 1 aromatic heterocycles. The summed E-state index contributed by atoms with van der Waals surface area (Å²) in [6.07, 6.45) is 2.35. The summed E-state index contributed by atoms with van der Waals surface area (Å²) in [4.78, 5) is 8.94. The van der Waals surface area contributed by atoms with Crippen LogP contribution in [0.2, 0.25) is 0 Å². The van der Waals surface area contributed by atoms with Gasteiger partial charge in [-0.1, -0.05) is 34.6 Å². The molecule has 1 aromatic rings. The first-order valence-electron chi connectivity index (χ1n) is 6.93. The van der Waals surface area contributed by atoms with Gasteiger partial charge in [0.25, 0.3) is 0 Å². The molecular weight excluding hydrogens is 238 g/mol. The second-order valence-corrected chi connectivity index (χ2v) is 6.32. The lowest BCUT2D eigenvalue weighted by Gasteiger charge is -2.18. The van der Waals surface area contributed by atoms with Gasteiger partial charge in [0.15, 0.2) is 0 Å². The zero-order chi connectivity index (χ0) is 14.5. The van der Waals surface area contributed by atoms with Gasteiger partial charge < -0.3 is 10.7 Å². The van der Waals surface area contributed by atoms with Crippen LogP contribution in [0.15, 0.2) is 6.07 Å².